The second-order valence-electron chi connectivity index (χ2n) is 7.23. The topological polar surface area (TPSA) is 58.6 Å². The van der Waals surface area contributed by atoms with Gasteiger partial charge in [-0.15, -0.1) is 0 Å². The number of methoxy groups -OCH3 is 1. The lowest BCUT2D eigenvalue weighted by molar-refractivity contribution is -0.125. The number of likely N-dealkylation sites (tertiary alicyclic amines) is 1. The van der Waals surface area contributed by atoms with E-state index in [-0.39, 0.29) is 29.7 Å². The van der Waals surface area contributed by atoms with Crippen molar-refractivity contribution >= 4 is 11.8 Å². The Labute approximate surface area is 160 Å². The van der Waals surface area contributed by atoms with E-state index in [1.165, 1.54) is 0 Å². The van der Waals surface area contributed by atoms with Crippen LogP contribution in [0.15, 0.2) is 54.6 Å². The third kappa shape index (κ3) is 4.30. The van der Waals surface area contributed by atoms with Crippen LogP contribution in [0.25, 0.3) is 0 Å². The maximum absolute atomic E-state index is 13.0. The molecule has 5 heteroatoms. The molecule has 2 aromatic rings. The minimum atomic E-state index is -0.260. The first-order chi connectivity index (χ1) is 13.0. The molecule has 0 aliphatic carbocycles. The summed E-state index contributed by atoms with van der Waals surface area (Å²) in [6.45, 7) is 4.83. The summed E-state index contributed by atoms with van der Waals surface area (Å²) in [5.41, 5.74) is 1.66. The largest absolute Gasteiger partial charge is 0.497 e. The van der Waals surface area contributed by atoms with E-state index in [0.29, 0.717) is 24.4 Å². The predicted octanol–water partition coefficient (Wildman–Crippen LogP) is 3.08. The molecular weight excluding hydrogens is 340 g/mol. The maximum Gasteiger partial charge on any atom is 0.254 e. The fourth-order valence-corrected chi connectivity index (χ4v) is 3.60. The van der Waals surface area contributed by atoms with Gasteiger partial charge in [0.1, 0.15) is 5.75 Å². The van der Waals surface area contributed by atoms with Gasteiger partial charge in [0.25, 0.3) is 5.91 Å². The first-order valence-electron chi connectivity index (χ1n) is 9.28. The van der Waals surface area contributed by atoms with Crippen molar-refractivity contribution in [3.8, 4) is 5.75 Å². The number of ether oxygens (including phenoxy) is 1. The van der Waals surface area contributed by atoms with E-state index in [1.54, 1.807) is 30.2 Å². The molecule has 0 aromatic heterocycles. The molecule has 1 heterocycles. The molecule has 2 atom stereocenters. The number of amides is 2. The average Bonchev–Trinajstić information content (AvgIpc) is 3.13. The van der Waals surface area contributed by atoms with Gasteiger partial charge in [-0.05, 0) is 37.6 Å². The molecule has 3 rings (SSSR count). The van der Waals surface area contributed by atoms with Crippen LogP contribution in [0.5, 0.6) is 5.75 Å². The van der Waals surface area contributed by atoms with Gasteiger partial charge < -0.3 is 15.0 Å². The number of rotatable bonds is 5. The number of benzene rings is 2. The molecule has 0 unspecified atom stereocenters. The van der Waals surface area contributed by atoms with E-state index >= 15 is 0 Å². The zero-order valence-electron chi connectivity index (χ0n) is 16.0. The SMILES string of the molecule is COc1cccc(C(=O)N2C[C@H](c3ccccc3)[C@H](C(=O)NC(C)C)C2)c1. The summed E-state index contributed by atoms with van der Waals surface area (Å²) in [4.78, 5) is 27.6. The summed E-state index contributed by atoms with van der Waals surface area (Å²) >= 11 is 0. The van der Waals surface area contributed by atoms with Gasteiger partial charge in [0.05, 0.1) is 13.0 Å². The van der Waals surface area contributed by atoms with E-state index in [0.717, 1.165) is 5.56 Å². The molecule has 2 amide bonds. The standard InChI is InChI=1S/C22H26N2O3/c1-15(2)23-21(25)20-14-24(13-19(20)16-8-5-4-6-9-16)22(26)17-10-7-11-18(12-17)27-3/h4-12,15,19-20H,13-14H2,1-3H3,(H,23,25)/t19-,20-/m1/s1. The van der Waals surface area contributed by atoms with Crippen molar-refractivity contribution in [2.45, 2.75) is 25.8 Å². The van der Waals surface area contributed by atoms with Gasteiger partial charge in [-0.3, -0.25) is 9.59 Å². The van der Waals surface area contributed by atoms with Gasteiger partial charge in [0.15, 0.2) is 0 Å². The van der Waals surface area contributed by atoms with Crippen LogP contribution in [0.4, 0.5) is 0 Å². The van der Waals surface area contributed by atoms with Crippen molar-refractivity contribution in [1.82, 2.24) is 10.2 Å². The van der Waals surface area contributed by atoms with Crippen molar-refractivity contribution in [1.29, 1.82) is 0 Å². The normalized spacial score (nSPS) is 19.2. The highest BCUT2D eigenvalue weighted by Crippen LogP contribution is 2.34. The van der Waals surface area contributed by atoms with Crippen molar-refractivity contribution < 1.29 is 14.3 Å². The summed E-state index contributed by atoms with van der Waals surface area (Å²) in [6, 6.07) is 17.2. The van der Waals surface area contributed by atoms with E-state index in [1.807, 2.05) is 50.2 Å². The Morgan fingerprint density at radius 3 is 2.48 bits per heavy atom. The monoisotopic (exact) mass is 366 g/mol. The van der Waals surface area contributed by atoms with Gasteiger partial charge in [-0.25, -0.2) is 0 Å². The van der Waals surface area contributed by atoms with Crippen LogP contribution in [-0.2, 0) is 4.79 Å². The van der Waals surface area contributed by atoms with Crippen LogP contribution in [-0.4, -0.2) is 43.0 Å². The molecule has 1 saturated heterocycles. The van der Waals surface area contributed by atoms with Crippen LogP contribution in [0, 0.1) is 5.92 Å². The van der Waals surface area contributed by atoms with Gasteiger partial charge in [-0.1, -0.05) is 36.4 Å². The Morgan fingerprint density at radius 2 is 1.81 bits per heavy atom. The molecule has 2 aromatic carbocycles. The second-order valence-corrected chi connectivity index (χ2v) is 7.23. The highest BCUT2D eigenvalue weighted by Gasteiger charge is 2.40. The summed E-state index contributed by atoms with van der Waals surface area (Å²) < 4.78 is 5.23. The third-order valence-corrected chi connectivity index (χ3v) is 4.92. The molecule has 0 spiro atoms. The molecule has 1 aliphatic rings. The number of carbonyl (C=O) groups is 2. The molecule has 0 saturated carbocycles. The summed E-state index contributed by atoms with van der Waals surface area (Å²) in [5.74, 6) is 0.298. The van der Waals surface area contributed by atoms with Crippen molar-refractivity contribution in [3.05, 3.63) is 65.7 Å². The zero-order valence-corrected chi connectivity index (χ0v) is 16.0. The number of hydrogen-bond donors (Lipinski definition) is 1. The zero-order chi connectivity index (χ0) is 19.4. The minimum absolute atomic E-state index is 0.000190. The molecule has 5 nitrogen and oxygen atoms in total. The highest BCUT2D eigenvalue weighted by atomic mass is 16.5. The van der Waals surface area contributed by atoms with Crippen LogP contribution in [0.1, 0.15) is 35.7 Å². The third-order valence-electron chi connectivity index (χ3n) is 4.92. The lowest BCUT2D eigenvalue weighted by Crippen LogP contribution is -2.39. The van der Waals surface area contributed by atoms with Gasteiger partial charge in [0.2, 0.25) is 5.91 Å². The number of nitrogens with one attached hydrogen (secondary N) is 1. The molecule has 27 heavy (non-hydrogen) atoms. The van der Waals surface area contributed by atoms with E-state index in [2.05, 4.69) is 5.32 Å². The lowest BCUT2D eigenvalue weighted by atomic mass is 9.88. The summed E-state index contributed by atoms with van der Waals surface area (Å²) in [7, 11) is 1.58. The molecule has 0 radical (unpaired) electrons. The first kappa shape index (κ1) is 19.0. The molecule has 1 aliphatic heterocycles. The van der Waals surface area contributed by atoms with Crippen molar-refractivity contribution in [2.75, 3.05) is 20.2 Å². The van der Waals surface area contributed by atoms with Crippen LogP contribution in [0.2, 0.25) is 0 Å². The molecular formula is C22H26N2O3. The number of nitrogens with zero attached hydrogens (tertiary/aromatic N) is 1. The van der Waals surface area contributed by atoms with E-state index < -0.39 is 0 Å². The Kier molecular flexibility index (Phi) is 5.79. The van der Waals surface area contributed by atoms with E-state index in [4.69, 9.17) is 4.74 Å². The fraction of sp³-hybridized carbons (Fsp3) is 0.364. The highest BCUT2D eigenvalue weighted by molar-refractivity contribution is 5.95. The molecule has 142 valence electrons. The minimum Gasteiger partial charge on any atom is -0.497 e. The molecule has 0 bridgehead atoms. The Balaban J connectivity index is 1.85. The van der Waals surface area contributed by atoms with Crippen LogP contribution < -0.4 is 10.1 Å². The van der Waals surface area contributed by atoms with Gasteiger partial charge >= 0.3 is 0 Å². The average molecular weight is 366 g/mol. The van der Waals surface area contributed by atoms with Crippen LogP contribution >= 0.6 is 0 Å². The van der Waals surface area contributed by atoms with E-state index in [9.17, 15) is 9.59 Å². The first-order valence-corrected chi connectivity index (χ1v) is 9.28. The molecule has 1 N–H and O–H groups in total. The molecule has 1 fully saturated rings. The van der Waals surface area contributed by atoms with Crippen molar-refractivity contribution in [3.63, 3.8) is 0 Å². The van der Waals surface area contributed by atoms with Crippen LogP contribution in [0.3, 0.4) is 0 Å². The predicted molar refractivity (Wildman–Crippen MR) is 105 cm³/mol. The van der Waals surface area contributed by atoms with Crippen molar-refractivity contribution in [2.24, 2.45) is 5.92 Å². The van der Waals surface area contributed by atoms with Gasteiger partial charge in [-0.2, -0.15) is 0 Å². The second kappa shape index (κ2) is 8.25. The smallest absolute Gasteiger partial charge is 0.254 e. The quantitative estimate of drug-likeness (QED) is 0.885. The maximum atomic E-state index is 13.0. The lowest BCUT2D eigenvalue weighted by Gasteiger charge is -2.19. The Bertz CT molecular complexity index is 804. The number of hydrogen-bond acceptors (Lipinski definition) is 3. The number of carbonyl (C=O) groups excluding carboxylic acids is 2. The Morgan fingerprint density at radius 1 is 1.07 bits per heavy atom. The summed E-state index contributed by atoms with van der Waals surface area (Å²) in [6.07, 6.45) is 0. The Hall–Kier alpha value is -2.82. The van der Waals surface area contributed by atoms with Gasteiger partial charge in [0, 0.05) is 30.6 Å². The summed E-state index contributed by atoms with van der Waals surface area (Å²) in [5, 5.41) is 3.01. The fourth-order valence-electron chi connectivity index (χ4n) is 3.60.